The predicted octanol–water partition coefficient (Wildman–Crippen LogP) is 6.03. The molecule has 26 heavy (non-hydrogen) atoms. The van der Waals surface area contributed by atoms with Gasteiger partial charge in [-0.05, 0) is 47.5 Å². The standard InChI is InChI=1S/C24H18N2/c25-19-8-6-7-17(15-19)18-13-14-22-21-11-4-5-12-23(21)26(24(22)16-18)20-9-2-1-3-10-20/h1-16H,25H2. The van der Waals surface area contributed by atoms with E-state index in [0.29, 0.717) is 0 Å². The van der Waals surface area contributed by atoms with Gasteiger partial charge in [-0.25, -0.2) is 0 Å². The molecule has 0 unspecified atom stereocenters. The number of benzene rings is 4. The number of hydrogen-bond donors (Lipinski definition) is 1. The number of fused-ring (bicyclic) bond motifs is 3. The van der Waals surface area contributed by atoms with Gasteiger partial charge in [-0.1, -0.05) is 60.7 Å². The topological polar surface area (TPSA) is 30.9 Å². The highest BCUT2D eigenvalue weighted by Gasteiger charge is 2.12. The van der Waals surface area contributed by atoms with Crippen molar-refractivity contribution >= 4 is 27.5 Å². The zero-order valence-electron chi connectivity index (χ0n) is 14.3. The molecule has 1 heterocycles. The number of nitrogens with zero attached hydrogens (tertiary/aromatic N) is 1. The summed E-state index contributed by atoms with van der Waals surface area (Å²) in [5.74, 6) is 0. The summed E-state index contributed by atoms with van der Waals surface area (Å²) in [5.41, 5.74) is 12.7. The van der Waals surface area contributed by atoms with E-state index < -0.39 is 0 Å². The minimum absolute atomic E-state index is 0.784. The van der Waals surface area contributed by atoms with Crippen LogP contribution in [0.4, 0.5) is 5.69 Å². The quantitative estimate of drug-likeness (QED) is 0.392. The van der Waals surface area contributed by atoms with Crippen molar-refractivity contribution in [1.29, 1.82) is 0 Å². The summed E-state index contributed by atoms with van der Waals surface area (Å²) in [6.07, 6.45) is 0. The van der Waals surface area contributed by atoms with Gasteiger partial charge in [0.25, 0.3) is 0 Å². The number of anilines is 1. The van der Waals surface area contributed by atoms with Gasteiger partial charge in [-0.3, -0.25) is 0 Å². The number of hydrogen-bond acceptors (Lipinski definition) is 1. The molecule has 0 atom stereocenters. The van der Waals surface area contributed by atoms with Gasteiger partial charge >= 0.3 is 0 Å². The number of nitrogen functional groups attached to an aromatic ring is 1. The summed E-state index contributed by atoms with van der Waals surface area (Å²) < 4.78 is 2.33. The molecule has 5 rings (SSSR count). The van der Waals surface area contributed by atoms with Crippen molar-refractivity contribution in [1.82, 2.24) is 4.57 Å². The predicted molar refractivity (Wildman–Crippen MR) is 111 cm³/mol. The molecule has 4 aromatic carbocycles. The van der Waals surface area contributed by atoms with E-state index in [-0.39, 0.29) is 0 Å². The Kier molecular flexibility index (Phi) is 3.29. The van der Waals surface area contributed by atoms with E-state index in [2.05, 4.69) is 83.4 Å². The maximum Gasteiger partial charge on any atom is 0.0547 e. The molecule has 0 fully saturated rings. The summed E-state index contributed by atoms with van der Waals surface area (Å²) in [7, 11) is 0. The van der Waals surface area contributed by atoms with Crippen molar-refractivity contribution < 1.29 is 0 Å². The summed E-state index contributed by atoms with van der Waals surface area (Å²) in [4.78, 5) is 0. The van der Waals surface area contributed by atoms with Crippen LogP contribution >= 0.6 is 0 Å². The lowest BCUT2D eigenvalue weighted by atomic mass is 10.0. The van der Waals surface area contributed by atoms with Gasteiger partial charge in [-0.2, -0.15) is 0 Å². The molecule has 0 aliphatic rings. The molecule has 0 saturated heterocycles. The van der Waals surface area contributed by atoms with Crippen molar-refractivity contribution in [3.63, 3.8) is 0 Å². The van der Waals surface area contributed by atoms with Crippen LogP contribution in [-0.4, -0.2) is 4.57 Å². The fraction of sp³-hybridized carbons (Fsp3) is 0. The Balaban J connectivity index is 1.86. The van der Waals surface area contributed by atoms with Crippen LogP contribution in [-0.2, 0) is 0 Å². The molecule has 0 spiro atoms. The normalized spacial score (nSPS) is 11.2. The Morgan fingerprint density at radius 2 is 1.27 bits per heavy atom. The Morgan fingerprint density at radius 3 is 2.12 bits per heavy atom. The summed E-state index contributed by atoms with van der Waals surface area (Å²) in [6.45, 7) is 0. The lowest BCUT2D eigenvalue weighted by Crippen LogP contribution is -1.93. The molecule has 1 aromatic heterocycles. The van der Waals surface area contributed by atoms with Gasteiger partial charge < -0.3 is 10.3 Å². The van der Waals surface area contributed by atoms with Crippen molar-refractivity contribution in [2.45, 2.75) is 0 Å². The number of nitrogens with two attached hydrogens (primary N) is 1. The average molecular weight is 334 g/mol. The third kappa shape index (κ3) is 2.27. The monoisotopic (exact) mass is 334 g/mol. The lowest BCUT2D eigenvalue weighted by Gasteiger charge is -2.09. The fourth-order valence-corrected chi connectivity index (χ4v) is 3.72. The van der Waals surface area contributed by atoms with E-state index in [1.54, 1.807) is 0 Å². The first kappa shape index (κ1) is 14.8. The molecule has 2 heteroatoms. The molecular formula is C24H18N2. The van der Waals surface area contributed by atoms with E-state index in [0.717, 1.165) is 11.3 Å². The molecule has 0 aliphatic carbocycles. The van der Waals surface area contributed by atoms with E-state index in [9.17, 15) is 0 Å². The second kappa shape index (κ2) is 5.78. The zero-order chi connectivity index (χ0) is 17.5. The summed E-state index contributed by atoms with van der Waals surface area (Å²) in [6, 6.07) is 33.8. The fourth-order valence-electron chi connectivity index (χ4n) is 3.72. The first-order valence-corrected chi connectivity index (χ1v) is 8.76. The Bertz CT molecular complexity index is 1230. The largest absolute Gasteiger partial charge is 0.399 e. The Morgan fingerprint density at radius 1 is 0.538 bits per heavy atom. The first-order chi connectivity index (χ1) is 12.8. The molecule has 2 nitrogen and oxygen atoms in total. The lowest BCUT2D eigenvalue weighted by molar-refractivity contribution is 1.18. The summed E-state index contributed by atoms with van der Waals surface area (Å²) >= 11 is 0. The first-order valence-electron chi connectivity index (χ1n) is 8.76. The van der Waals surface area contributed by atoms with Crippen molar-refractivity contribution in [2.75, 3.05) is 5.73 Å². The molecule has 5 aromatic rings. The van der Waals surface area contributed by atoms with Crippen LogP contribution in [0.25, 0.3) is 38.6 Å². The smallest absolute Gasteiger partial charge is 0.0547 e. The number of aromatic nitrogens is 1. The molecule has 0 radical (unpaired) electrons. The maximum absolute atomic E-state index is 5.99. The van der Waals surface area contributed by atoms with Gasteiger partial charge in [0.05, 0.1) is 11.0 Å². The van der Waals surface area contributed by atoms with Crippen LogP contribution in [0.2, 0.25) is 0 Å². The minimum Gasteiger partial charge on any atom is -0.399 e. The molecule has 0 amide bonds. The van der Waals surface area contributed by atoms with Crippen LogP contribution in [0.3, 0.4) is 0 Å². The van der Waals surface area contributed by atoms with Crippen LogP contribution in [0.15, 0.2) is 97.1 Å². The third-order valence-electron chi connectivity index (χ3n) is 4.91. The third-order valence-corrected chi connectivity index (χ3v) is 4.91. The van der Waals surface area contributed by atoms with Crippen LogP contribution in [0.5, 0.6) is 0 Å². The second-order valence-electron chi connectivity index (χ2n) is 6.55. The Hall–Kier alpha value is -3.52. The highest BCUT2D eigenvalue weighted by atomic mass is 15.0. The zero-order valence-corrected chi connectivity index (χ0v) is 14.3. The van der Waals surface area contributed by atoms with E-state index >= 15 is 0 Å². The molecular weight excluding hydrogens is 316 g/mol. The molecule has 0 bridgehead atoms. The summed E-state index contributed by atoms with van der Waals surface area (Å²) in [5, 5.41) is 2.53. The SMILES string of the molecule is Nc1cccc(-c2ccc3c4ccccc4n(-c4ccccc4)c3c2)c1. The molecule has 0 saturated carbocycles. The van der Waals surface area contributed by atoms with Crippen molar-refractivity contribution in [2.24, 2.45) is 0 Å². The minimum atomic E-state index is 0.784. The maximum atomic E-state index is 5.99. The average Bonchev–Trinajstić information content (AvgIpc) is 3.02. The van der Waals surface area contributed by atoms with Crippen LogP contribution in [0.1, 0.15) is 0 Å². The van der Waals surface area contributed by atoms with Gasteiger partial charge in [0.1, 0.15) is 0 Å². The Labute approximate surface area is 152 Å². The van der Waals surface area contributed by atoms with Gasteiger partial charge in [0.2, 0.25) is 0 Å². The highest BCUT2D eigenvalue weighted by Crippen LogP contribution is 2.34. The van der Waals surface area contributed by atoms with E-state index in [1.807, 2.05) is 18.2 Å². The second-order valence-corrected chi connectivity index (χ2v) is 6.55. The van der Waals surface area contributed by atoms with Crippen LogP contribution < -0.4 is 5.73 Å². The number of para-hydroxylation sites is 2. The van der Waals surface area contributed by atoms with Gasteiger partial charge in [-0.15, -0.1) is 0 Å². The highest BCUT2D eigenvalue weighted by molar-refractivity contribution is 6.10. The van der Waals surface area contributed by atoms with Gasteiger partial charge in [0, 0.05) is 22.1 Å². The van der Waals surface area contributed by atoms with E-state index in [1.165, 1.54) is 33.1 Å². The molecule has 0 aliphatic heterocycles. The molecule has 124 valence electrons. The van der Waals surface area contributed by atoms with Crippen molar-refractivity contribution in [3.8, 4) is 16.8 Å². The van der Waals surface area contributed by atoms with Crippen molar-refractivity contribution in [3.05, 3.63) is 97.1 Å². The molecule has 2 N–H and O–H groups in total. The van der Waals surface area contributed by atoms with Crippen LogP contribution in [0, 0.1) is 0 Å². The number of rotatable bonds is 2. The van der Waals surface area contributed by atoms with Gasteiger partial charge in [0.15, 0.2) is 0 Å². The van der Waals surface area contributed by atoms with E-state index in [4.69, 9.17) is 5.73 Å².